The maximum Gasteiger partial charge on any atom is 0.295 e. The lowest BCUT2D eigenvalue weighted by Gasteiger charge is -2.35. The van der Waals surface area contributed by atoms with E-state index in [-0.39, 0.29) is 33.6 Å². The van der Waals surface area contributed by atoms with Gasteiger partial charge >= 0.3 is 0 Å². The van der Waals surface area contributed by atoms with Gasteiger partial charge in [0.25, 0.3) is 105 Å². The van der Waals surface area contributed by atoms with Crippen molar-refractivity contribution < 1.29 is 142 Å². The van der Waals surface area contributed by atoms with Crippen molar-refractivity contribution in [2.75, 3.05) is 9.80 Å². The highest BCUT2D eigenvalue weighted by atomic mass is 32.2. The number of carbonyl (C=O) groups excluding carboxylic acids is 4. The summed E-state index contributed by atoms with van der Waals surface area (Å²) in [7, 11) is -42.6. The van der Waals surface area contributed by atoms with Gasteiger partial charge in [-0.1, -0.05) is 140 Å². The van der Waals surface area contributed by atoms with Gasteiger partial charge in [-0.05, 0) is 190 Å². The number of fused-ring (bicyclic) bond motifs is 2. The third-order valence-electron chi connectivity index (χ3n) is 23.6. The van der Waals surface area contributed by atoms with Gasteiger partial charge in [-0.2, -0.15) is 67.3 Å². The van der Waals surface area contributed by atoms with E-state index in [1.165, 1.54) is 24.3 Å². The van der Waals surface area contributed by atoms with E-state index in [4.69, 9.17) is 18.9 Å². The summed E-state index contributed by atoms with van der Waals surface area (Å²) in [5.74, 6) is -12.1. The number of nitrogens with zero attached hydrogens (tertiary/aromatic N) is 2. The summed E-state index contributed by atoms with van der Waals surface area (Å²) in [6.45, 7) is 14.1. The maximum atomic E-state index is 17.0. The molecule has 17 rings (SSSR count). The van der Waals surface area contributed by atoms with Crippen molar-refractivity contribution in [1.29, 1.82) is 0 Å². The molecule has 0 bridgehead atoms. The first kappa shape index (κ1) is 96.1. The minimum Gasteiger partial charge on any atom is -0.457 e. The number of para-hydroxylation sites is 2. The Morgan fingerprint density at radius 3 is 0.594 bits per heavy atom. The molecule has 42 heteroatoms. The summed E-state index contributed by atoms with van der Waals surface area (Å²) in [6.07, 6.45) is 0. The van der Waals surface area contributed by atoms with Crippen molar-refractivity contribution in [2.24, 2.45) is 0 Å². The van der Waals surface area contributed by atoms with Crippen LogP contribution in [0, 0.1) is 0 Å². The van der Waals surface area contributed by atoms with E-state index in [1.54, 1.807) is 91.8 Å². The number of carbonyl (C=O) groups is 4. The summed E-state index contributed by atoms with van der Waals surface area (Å²) in [4.78, 5) is 62.7. The molecular formula is C96H74N2O32S8. The van der Waals surface area contributed by atoms with Crippen LogP contribution >= 0.6 is 0 Å². The fraction of sp³-hybridized carbons (Fsp3) is 0.125. The van der Waals surface area contributed by atoms with Crippen LogP contribution in [0.5, 0.6) is 46.0 Å². The molecule has 2 heterocycles. The van der Waals surface area contributed by atoms with Gasteiger partial charge in [0.15, 0.2) is 0 Å². The first-order valence-electron chi connectivity index (χ1n) is 41.4. The molecule has 34 nitrogen and oxygen atoms in total. The van der Waals surface area contributed by atoms with Crippen LogP contribution in [-0.2, 0) is 80.9 Å². The predicted octanol–water partition coefficient (Wildman–Crippen LogP) is 19.6. The van der Waals surface area contributed by atoms with Crippen LogP contribution in [0.3, 0.4) is 0 Å². The molecule has 4 amide bonds. The third-order valence-corrected chi connectivity index (χ3v) is 30.6. The van der Waals surface area contributed by atoms with E-state index in [9.17, 15) is 104 Å². The highest BCUT2D eigenvalue weighted by Crippen LogP contribution is 2.60. The molecule has 8 N–H and O–H groups in total. The molecule has 138 heavy (non-hydrogen) atoms. The number of hydrogen-bond acceptors (Lipinski definition) is 24. The second-order valence-corrected chi connectivity index (χ2v) is 45.0. The van der Waals surface area contributed by atoms with E-state index in [2.05, 4.69) is 0 Å². The van der Waals surface area contributed by atoms with Crippen LogP contribution in [-0.4, -0.2) is 127 Å². The van der Waals surface area contributed by atoms with Gasteiger partial charge in [-0.15, -0.1) is 0 Å². The largest absolute Gasteiger partial charge is 0.457 e. The number of hydrogen-bond donors (Lipinski definition) is 8. The molecule has 0 fully saturated rings. The Bertz CT molecular complexity index is 7940. The molecule has 0 aromatic heterocycles. The summed E-state index contributed by atoms with van der Waals surface area (Å²) < 4.78 is 330. The van der Waals surface area contributed by atoms with E-state index >= 15 is 19.2 Å². The van der Waals surface area contributed by atoms with E-state index in [0.717, 1.165) is 180 Å². The number of benzene rings is 15. The Hall–Kier alpha value is -13.6. The van der Waals surface area contributed by atoms with E-state index in [0.29, 0.717) is 22.3 Å². The Morgan fingerprint density at radius 2 is 0.413 bits per heavy atom. The lowest BCUT2D eigenvalue weighted by molar-refractivity contribution is 0.0877. The van der Waals surface area contributed by atoms with Gasteiger partial charge in [0.05, 0.1) is 53.2 Å². The molecule has 0 saturated carbocycles. The monoisotopic (exact) mass is 2020 g/mol. The zero-order valence-electron chi connectivity index (χ0n) is 72.8. The van der Waals surface area contributed by atoms with Crippen LogP contribution in [0.25, 0.3) is 87.6 Å². The SMILES string of the molecule is CC(C)c1cccc(C(C)C)c1N1C(=O)c2cc(Oc3ccc(-c4cccc(S(=O)(=O)O)c4)c(S(=O)(=O)O)c3)c3c4c(Oc5ccc(-c6cccc(S(=O)(=O)O)c6)c(S(=O)(=O)O)c5)cc5c6c(cc(Oc7ccc(-c8cccc(S(=O)(=O)O)c8)c(S(=O)(=O)O)c7)c(c7c(Oc8ccc(-c9cccc(S(=O)(=O)O)c9)c(S(=O)(=O)O)c8)cc(c2c37)C1=O)c64)C(=O)N(c1c(C(C)C)cccc1C(C)C)C5=O. The summed E-state index contributed by atoms with van der Waals surface area (Å²) in [6, 6.07) is 42.4. The second kappa shape index (κ2) is 34.2. The normalized spacial score (nSPS) is 13.7. The fourth-order valence-electron chi connectivity index (χ4n) is 17.7. The highest BCUT2D eigenvalue weighted by molar-refractivity contribution is 7.87. The lowest BCUT2D eigenvalue weighted by Crippen LogP contribution is -2.42. The van der Waals surface area contributed by atoms with Gasteiger partial charge in [0.2, 0.25) is 0 Å². The van der Waals surface area contributed by atoms with Crippen LogP contribution in [0.2, 0.25) is 0 Å². The smallest absolute Gasteiger partial charge is 0.295 e. The van der Waals surface area contributed by atoms with Gasteiger partial charge in [-0.3, -0.25) is 55.6 Å². The zero-order chi connectivity index (χ0) is 99.7. The minimum atomic E-state index is -5.60. The molecule has 2 aliphatic rings. The van der Waals surface area contributed by atoms with E-state index in [1.807, 2.05) is 0 Å². The molecule has 15 aromatic carbocycles. The van der Waals surface area contributed by atoms with Crippen molar-refractivity contribution in [2.45, 2.75) is 118 Å². The maximum absolute atomic E-state index is 17.0. The van der Waals surface area contributed by atoms with Gasteiger partial charge in [-0.25, -0.2) is 9.80 Å². The van der Waals surface area contributed by atoms with Crippen molar-refractivity contribution >= 4 is 159 Å². The third kappa shape index (κ3) is 17.3. The Kier molecular flexibility index (Phi) is 23.8. The van der Waals surface area contributed by atoms with Crippen LogP contribution in [0.4, 0.5) is 11.4 Å². The topological polar surface area (TPSA) is 547 Å². The predicted molar refractivity (Wildman–Crippen MR) is 505 cm³/mol. The molecule has 0 radical (unpaired) electrons. The van der Waals surface area contributed by atoms with Gasteiger partial charge in [0, 0.05) is 89.6 Å². The van der Waals surface area contributed by atoms with Crippen molar-refractivity contribution in [1.82, 2.24) is 0 Å². The van der Waals surface area contributed by atoms with Crippen molar-refractivity contribution in [3.05, 3.63) is 275 Å². The average Bonchev–Trinajstić information content (AvgIpc) is 0.666. The van der Waals surface area contributed by atoms with Crippen LogP contribution < -0.4 is 28.7 Å². The van der Waals surface area contributed by atoms with E-state index < -0.39 is 301 Å². The molecule has 0 saturated heterocycles. The van der Waals surface area contributed by atoms with Gasteiger partial charge < -0.3 is 18.9 Å². The Balaban J connectivity index is 1.11. The number of ether oxygens (including phenoxy) is 4. The second-order valence-electron chi connectivity index (χ2n) is 33.7. The van der Waals surface area contributed by atoms with Crippen LogP contribution in [0.1, 0.15) is 143 Å². The summed E-state index contributed by atoms with van der Waals surface area (Å²) >= 11 is 0. The lowest BCUT2D eigenvalue weighted by atomic mass is 9.80. The molecule has 2 aliphatic heterocycles. The Labute approximate surface area is 788 Å². The zero-order valence-corrected chi connectivity index (χ0v) is 79.3. The number of anilines is 2. The molecule has 708 valence electrons. The highest BCUT2D eigenvalue weighted by Gasteiger charge is 2.46. The van der Waals surface area contributed by atoms with Crippen molar-refractivity contribution in [3.63, 3.8) is 0 Å². The fourth-order valence-corrected chi connectivity index (χ4v) is 22.7. The van der Waals surface area contributed by atoms with Gasteiger partial charge in [0.1, 0.15) is 65.6 Å². The number of imide groups is 2. The Morgan fingerprint density at radius 1 is 0.217 bits per heavy atom. The molecule has 0 spiro atoms. The van der Waals surface area contributed by atoms with Crippen LogP contribution in [0.15, 0.2) is 270 Å². The quantitative estimate of drug-likeness (QED) is 0.0108. The first-order chi connectivity index (χ1) is 64.5. The molecule has 0 atom stereocenters. The molecule has 0 aliphatic carbocycles. The molecular weight excluding hydrogens is 1950 g/mol. The average molecular weight is 2020 g/mol. The molecule has 0 unspecified atom stereocenters. The van der Waals surface area contributed by atoms with Crippen molar-refractivity contribution in [3.8, 4) is 90.5 Å². The first-order valence-corrected chi connectivity index (χ1v) is 52.9. The summed E-state index contributed by atoms with van der Waals surface area (Å²) in [5, 5.41) is -3.91. The molecule has 15 aromatic rings. The summed E-state index contributed by atoms with van der Waals surface area (Å²) in [5.41, 5.74) is -3.33. The number of amides is 4. The standard InChI is InChI=1S/C96H74N2O32S8/c1-47(2)63-23-13-24-64(48(3)4)91(63)97-93(99)71-43-75(127-55-27-31-67(79(39-55)135(115,116)117)51-15-9-19-59(35-51)131(103,104)105)85-87-77(129-57-29-33-69(81(41-57)137(121,122)123)53-17-11-21-61(37-53)133(109,110)111)45-73-84-74(96(102)98(95(73)101)92-65(49(5)6)25-14-26-66(92)50(7)8)46-78(130-58-30-34-70(82(42-58)138(124,125)126)54-18-12-22-62(38-54)134(112,113)114)88(90(84)87)86-76(44-72(94(97)100)83(71)89(85)86)128-56-28-32-68(80(40-56)136(118,119)120)52-16-10-20-60(36-52)132(106,107)108/h9-50H,1-8H3,(H,103,104,105)(H,106,107,108)(H,109,110,111)(H,112,113,114)(H,115,116,117)(H,118,119,120)(H,121,122,123)(H,124,125,126). The number of rotatable bonds is 26. The minimum absolute atomic E-state index is 0.0260.